The first kappa shape index (κ1) is 12.0. The van der Waals surface area contributed by atoms with Crippen molar-refractivity contribution >= 4 is 11.7 Å². The van der Waals surface area contributed by atoms with E-state index < -0.39 is 0 Å². The molecule has 2 N–H and O–H groups in total. The van der Waals surface area contributed by atoms with Gasteiger partial charge < -0.3 is 5.32 Å². The van der Waals surface area contributed by atoms with Crippen molar-refractivity contribution < 1.29 is 4.79 Å². The van der Waals surface area contributed by atoms with Crippen LogP contribution in [-0.2, 0) is 4.79 Å². The molecule has 1 amide bonds. The Morgan fingerprint density at radius 3 is 2.68 bits per heavy atom. The number of rotatable bonds is 2. The molecule has 98 valence electrons. The molecule has 0 aliphatic carbocycles. The van der Waals surface area contributed by atoms with E-state index in [1.54, 1.807) is 6.20 Å². The quantitative estimate of drug-likeness (QED) is 0.866. The van der Waals surface area contributed by atoms with Crippen LogP contribution in [0.5, 0.6) is 0 Å². The van der Waals surface area contributed by atoms with Gasteiger partial charge in [0.05, 0.1) is 6.20 Å². The van der Waals surface area contributed by atoms with E-state index >= 15 is 0 Å². The number of amides is 1. The van der Waals surface area contributed by atoms with Gasteiger partial charge in [0.15, 0.2) is 0 Å². The van der Waals surface area contributed by atoms with Gasteiger partial charge in [-0.25, -0.2) is 0 Å². The largest absolute Gasteiger partial charge is 0.311 e. The Hall–Kier alpha value is -2.10. The average molecular weight is 255 g/mol. The molecule has 0 saturated heterocycles. The summed E-state index contributed by atoms with van der Waals surface area (Å²) in [6.45, 7) is 4.36. The van der Waals surface area contributed by atoms with Gasteiger partial charge in [-0.15, -0.1) is 0 Å². The minimum Gasteiger partial charge on any atom is -0.311 e. The summed E-state index contributed by atoms with van der Waals surface area (Å²) in [6.07, 6.45) is 2.28. The molecule has 0 saturated carbocycles. The molecule has 1 aliphatic heterocycles. The summed E-state index contributed by atoms with van der Waals surface area (Å²) in [7, 11) is 0. The summed E-state index contributed by atoms with van der Waals surface area (Å²) in [5.74, 6) is 1.39. The smallest absolute Gasteiger partial charge is 0.226 e. The molecule has 19 heavy (non-hydrogen) atoms. The molecule has 1 aromatic carbocycles. The molecule has 0 spiro atoms. The second kappa shape index (κ2) is 4.53. The number of aromatic nitrogens is 2. The second-order valence-corrected chi connectivity index (χ2v) is 5.33. The molecule has 0 unspecified atom stereocenters. The average Bonchev–Trinajstić information content (AvgIpc) is 2.85. The molecule has 0 bridgehead atoms. The molecule has 2 aromatic rings. The first-order valence-electron chi connectivity index (χ1n) is 6.58. The Morgan fingerprint density at radius 1 is 1.26 bits per heavy atom. The van der Waals surface area contributed by atoms with E-state index in [1.807, 2.05) is 0 Å². The third-order valence-electron chi connectivity index (χ3n) is 3.70. The van der Waals surface area contributed by atoms with E-state index in [2.05, 4.69) is 53.6 Å². The number of benzene rings is 1. The standard InChI is InChI=1S/C15H17N3O/c1-9(2)10-3-5-11(6-4-10)12-7-14(19)17-15-13(12)8-16-18-15/h3-6,8-9,12H,7H2,1-2H3,(H2,16,17,18,19)/t12-/m1/s1. The summed E-state index contributed by atoms with van der Waals surface area (Å²) < 4.78 is 0. The predicted molar refractivity (Wildman–Crippen MR) is 74.2 cm³/mol. The maximum atomic E-state index is 11.7. The summed E-state index contributed by atoms with van der Waals surface area (Å²) in [5.41, 5.74) is 3.55. The lowest BCUT2D eigenvalue weighted by Crippen LogP contribution is -2.22. The van der Waals surface area contributed by atoms with Crippen molar-refractivity contribution in [3.8, 4) is 0 Å². The van der Waals surface area contributed by atoms with E-state index in [0.29, 0.717) is 12.3 Å². The molecule has 1 aromatic heterocycles. The Kier molecular flexibility index (Phi) is 2.85. The number of aromatic amines is 1. The third kappa shape index (κ3) is 2.14. The molecule has 4 nitrogen and oxygen atoms in total. The number of carbonyl (C=O) groups excluding carboxylic acids is 1. The number of hydrogen-bond donors (Lipinski definition) is 2. The minimum absolute atomic E-state index is 0.0367. The van der Waals surface area contributed by atoms with Crippen LogP contribution in [0.2, 0.25) is 0 Å². The fourth-order valence-electron chi connectivity index (χ4n) is 2.56. The number of nitrogens with zero attached hydrogens (tertiary/aromatic N) is 1. The van der Waals surface area contributed by atoms with Crippen molar-refractivity contribution in [2.75, 3.05) is 5.32 Å². The van der Waals surface area contributed by atoms with Gasteiger partial charge in [-0.05, 0) is 17.0 Å². The van der Waals surface area contributed by atoms with Crippen LogP contribution in [-0.4, -0.2) is 16.1 Å². The van der Waals surface area contributed by atoms with E-state index in [4.69, 9.17) is 0 Å². The summed E-state index contributed by atoms with van der Waals surface area (Å²) >= 11 is 0. The van der Waals surface area contributed by atoms with E-state index in [9.17, 15) is 4.79 Å². The molecule has 1 aliphatic rings. The highest BCUT2D eigenvalue weighted by molar-refractivity contribution is 5.94. The number of carbonyl (C=O) groups is 1. The van der Waals surface area contributed by atoms with Crippen molar-refractivity contribution in [1.29, 1.82) is 0 Å². The van der Waals surface area contributed by atoms with Crippen molar-refractivity contribution in [3.63, 3.8) is 0 Å². The first-order chi connectivity index (χ1) is 9.15. The predicted octanol–water partition coefficient (Wildman–Crippen LogP) is 3.01. The lowest BCUT2D eigenvalue weighted by Gasteiger charge is -2.22. The van der Waals surface area contributed by atoms with Crippen LogP contribution >= 0.6 is 0 Å². The zero-order valence-electron chi connectivity index (χ0n) is 11.1. The molecule has 2 heterocycles. The maximum Gasteiger partial charge on any atom is 0.226 e. The number of fused-ring (bicyclic) bond motifs is 1. The van der Waals surface area contributed by atoms with Gasteiger partial charge in [0, 0.05) is 17.9 Å². The van der Waals surface area contributed by atoms with Crippen molar-refractivity contribution in [2.45, 2.75) is 32.1 Å². The number of anilines is 1. The van der Waals surface area contributed by atoms with Crippen LogP contribution in [0.3, 0.4) is 0 Å². The van der Waals surface area contributed by atoms with Gasteiger partial charge >= 0.3 is 0 Å². The number of H-pyrrole nitrogens is 1. The van der Waals surface area contributed by atoms with Gasteiger partial charge in [-0.3, -0.25) is 9.89 Å². The Labute approximate surface area is 112 Å². The topological polar surface area (TPSA) is 57.8 Å². The first-order valence-corrected chi connectivity index (χ1v) is 6.58. The Bertz CT molecular complexity index is 598. The maximum absolute atomic E-state index is 11.7. The molecule has 4 heteroatoms. The van der Waals surface area contributed by atoms with Gasteiger partial charge in [-0.1, -0.05) is 38.1 Å². The third-order valence-corrected chi connectivity index (χ3v) is 3.70. The SMILES string of the molecule is CC(C)c1ccc([C@H]2CC(=O)Nc3[nH]ncc32)cc1. The zero-order chi connectivity index (χ0) is 13.4. The van der Waals surface area contributed by atoms with Gasteiger partial charge in [-0.2, -0.15) is 5.10 Å². The van der Waals surface area contributed by atoms with E-state index in [1.165, 1.54) is 11.1 Å². The molecule has 0 fully saturated rings. The van der Waals surface area contributed by atoms with E-state index in [-0.39, 0.29) is 11.8 Å². The van der Waals surface area contributed by atoms with Crippen molar-refractivity contribution in [2.24, 2.45) is 0 Å². The van der Waals surface area contributed by atoms with Crippen LogP contribution in [0.1, 0.15) is 48.8 Å². The summed E-state index contributed by atoms with van der Waals surface area (Å²) in [5, 5.41) is 9.67. The highest BCUT2D eigenvalue weighted by atomic mass is 16.1. The van der Waals surface area contributed by atoms with Crippen LogP contribution < -0.4 is 5.32 Å². The number of hydrogen-bond acceptors (Lipinski definition) is 2. The molecular weight excluding hydrogens is 238 g/mol. The highest BCUT2D eigenvalue weighted by Crippen LogP contribution is 2.35. The van der Waals surface area contributed by atoms with Crippen LogP contribution in [0.15, 0.2) is 30.5 Å². The minimum atomic E-state index is 0.0367. The monoisotopic (exact) mass is 255 g/mol. The summed E-state index contributed by atoms with van der Waals surface area (Å²) in [4.78, 5) is 11.7. The van der Waals surface area contributed by atoms with Crippen LogP contribution in [0, 0.1) is 0 Å². The van der Waals surface area contributed by atoms with Crippen LogP contribution in [0.4, 0.5) is 5.82 Å². The molecule has 1 atom stereocenters. The van der Waals surface area contributed by atoms with Gasteiger partial charge in [0.1, 0.15) is 5.82 Å². The van der Waals surface area contributed by atoms with Gasteiger partial charge in [0.2, 0.25) is 5.91 Å². The van der Waals surface area contributed by atoms with Crippen molar-refractivity contribution in [3.05, 3.63) is 47.2 Å². The highest BCUT2D eigenvalue weighted by Gasteiger charge is 2.27. The summed E-state index contributed by atoms with van der Waals surface area (Å²) in [6, 6.07) is 8.53. The second-order valence-electron chi connectivity index (χ2n) is 5.33. The normalized spacial score (nSPS) is 18.3. The zero-order valence-corrected chi connectivity index (χ0v) is 11.1. The van der Waals surface area contributed by atoms with Crippen LogP contribution in [0.25, 0.3) is 0 Å². The Balaban J connectivity index is 1.96. The fraction of sp³-hybridized carbons (Fsp3) is 0.333. The lowest BCUT2D eigenvalue weighted by atomic mass is 9.86. The Morgan fingerprint density at radius 2 is 2.00 bits per heavy atom. The van der Waals surface area contributed by atoms with Crippen molar-refractivity contribution in [1.82, 2.24) is 10.2 Å². The lowest BCUT2D eigenvalue weighted by molar-refractivity contribution is -0.116. The van der Waals surface area contributed by atoms with E-state index in [0.717, 1.165) is 11.4 Å². The molecular formula is C15H17N3O. The molecule has 0 radical (unpaired) electrons. The fourth-order valence-corrected chi connectivity index (χ4v) is 2.56. The van der Waals surface area contributed by atoms with Gasteiger partial charge in [0.25, 0.3) is 0 Å². The molecule has 3 rings (SSSR count). The number of nitrogens with one attached hydrogen (secondary N) is 2.